The Kier molecular flexibility index (Phi) is 3.25. The van der Waals surface area contributed by atoms with E-state index in [9.17, 15) is 0 Å². The maximum absolute atomic E-state index is 5.59. The zero-order valence-electron chi connectivity index (χ0n) is 8.54. The molecule has 0 unspecified atom stereocenters. The second-order valence-corrected chi connectivity index (χ2v) is 3.20. The lowest BCUT2D eigenvalue weighted by molar-refractivity contribution is 0.756. The molecule has 0 aliphatic carbocycles. The van der Waals surface area contributed by atoms with Gasteiger partial charge >= 0.3 is 0 Å². The Morgan fingerprint density at radius 3 is 2.77 bits per heavy atom. The fraction of sp³-hybridized carbons (Fsp3) is 0.500. The molecule has 1 heterocycles. The summed E-state index contributed by atoms with van der Waals surface area (Å²) in [6.07, 6.45) is 5.15. The molecule has 0 saturated carbocycles. The zero-order chi connectivity index (χ0) is 9.84. The van der Waals surface area contributed by atoms with Gasteiger partial charge in [0.1, 0.15) is 0 Å². The Bertz CT molecular complexity index is 304. The van der Waals surface area contributed by atoms with Gasteiger partial charge in [0.15, 0.2) is 0 Å². The molecule has 0 aliphatic rings. The van der Waals surface area contributed by atoms with E-state index in [4.69, 9.17) is 5.73 Å². The van der Waals surface area contributed by atoms with Gasteiger partial charge in [0, 0.05) is 25.4 Å². The lowest BCUT2D eigenvalue weighted by atomic mass is 10.1. The summed E-state index contributed by atoms with van der Waals surface area (Å²) < 4.78 is 1.82. The lowest BCUT2D eigenvalue weighted by Crippen LogP contribution is -2.01. The molecule has 1 aromatic heterocycles. The van der Waals surface area contributed by atoms with Crippen molar-refractivity contribution in [2.45, 2.75) is 20.3 Å². The van der Waals surface area contributed by atoms with Crippen LogP contribution in [0.2, 0.25) is 0 Å². The monoisotopic (exact) mass is 179 g/mol. The Hall–Kier alpha value is -1.09. The van der Waals surface area contributed by atoms with E-state index in [0.717, 1.165) is 12.1 Å². The van der Waals surface area contributed by atoms with E-state index in [0.29, 0.717) is 6.54 Å². The summed E-state index contributed by atoms with van der Waals surface area (Å²) in [6.45, 7) is 4.75. The first-order valence-corrected chi connectivity index (χ1v) is 4.57. The average Bonchev–Trinajstić information content (AvgIpc) is 2.41. The Morgan fingerprint density at radius 2 is 2.38 bits per heavy atom. The molecule has 0 bridgehead atoms. The second-order valence-electron chi connectivity index (χ2n) is 3.20. The van der Waals surface area contributed by atoms with E-state index in [2.05, 4.69) is 18.1 Å². The summed E-state index contributed by atoms with van der Waals surface area (Å²) in [6, 6.07) is 0. The number of rotatable bonds is 3. The Labute approximate surface area is 79.2 Å². The zero-order valence-corrected chi connectivity index (χ0v) is 8.54. The molecule has 0 atom stereocenters. The summed E-state index contributed by atoms with van der Waals surface area (Å²) in [7, 11) is 1.93. The smallest absolute Gasteiger partial charge is 0.0665 e. The van der Waals surface area contributed by atoms with Crippen molar-refractivity contribution in [1.82, 2.24) is 9.78 Å². The van der Waals surface area contributed by atoms with Crippen molar-refractivity contribution in [3.8, 4) is 0 Å². The van der Waals surface area contributed by atoms with Gasteiger partial charge < -0.3 is 5.73 Å². The highest BCUT2D eigenvalue weighted by Gasteiger charge is 2.00. The van der Waals surface area contributed by atoms with Gasteiger partial charge in [-0.3, -0.25) is 4.68 Å². The minimum absolute atomic E-state index is 0.630. The number of nitrogens with two attached hydrogens (primary N) is 1. The molecular formula is C10H17N3. The fourth-order valence-electron chi connectivity index (χ4n) is 1.28. The minimum Gasteiger partial charge on any atom is -0.327 e. The Morgan fingerprint density at radius 1 is 1.69 bits per heavy atom. The summed E-state index contributed by atoms with van der Waals surface area (Å²) in [5.74, 6) is 0. The van der Waals surface area contributed by atoms with Crippen molar-refractivity contribution < 1.29 is 0 Å². The van der Waals surface area contributed by atoms with Crippen LogP contribution in [-0.2, 0) is 7.05 Å². The molecule has 0 amide bonds. The second kappa shape index (κ2) is 4.23. The molecular weight excluding hydrogens is 162 g/mol. The van der Waals surface area contributed by atoms with Crippen molar-refractivity contribution in [3.05, 3.63) is 23.0 Å². The van der Waals surface area contributed by atoms with Crippen LogP contribution < -0.4 is 5.73 Å². The summed E-state index contributed by atoms with van der Waals surface area (Å²) in [4.78, 5) is 0. The van der Waals surface area contributed by atoms with Crippen LogP contribution in [0.5, 0.6) is 0 Å². The summed E-state index contributed by atoms with van der Waals surface area (Å²) in [5.41, 5.74) is 9.08. The molecule has 13 heavy (non-hydrogen) atoms. The van der Waals surface area contributed by atoms with Crippen LogP contribution in [0.25, 0.3) is 6.08 Å². The summed E-state index contributed by atoms with van der Waals surface area (Å²) >= 11 is 0. The van der Waals surface area contributed by atoms with Crippen molar-refractivity contribution in [3.63, 3.8) is 0 Å². The number of hydrogen-bond acceptors (Lipinski definition) is 2. The van der Waals surface area contributed by atoms with Gasteiger partial charge in [-0.25, -0.2) is 0 Å². The van der Waals surface area contributed by atoms with Crippen LogP contribution in [0.3, 0.4) is 0 Å². The quantitative estimate of drug-likeness (QED) is 0.763. The van der Waals surface area contributed by atoms with Crippen molar-refractivity contribution in [2.75, 3.05) is 6.54 Å². The molecule has 0 fully saturated rings. The Balaban J connectivity index is 2.95. The van der Waals surface area contributed by atoms with Gasteiger partial charge in [0.2, 0.25) is 0 Å². The fourth-order valence-corrected chi connectivity index (χ4v) is 1.28. The van der Waals surface area contributed by atoms with Crippen LogP contribution in [0, 0.1) is 6.92 Å². The first-order valence-electron chi connectivity index (χ1n) is 4.57. The van der Waals surface area contributed by atoms with Gasteiger partial charge in [-0.1, -0.05) is 18.6 Å². The first kappa shape index (κ1) is 9.99. The molecule has 0 aliphatic heterocycles. The van der Waals surface area contributed by atoms with Crippen molar-refractivity contribution in [2.24, 2.45) is 12.8 Å². The molecule has 72 valence electrons. The van der Waals surface area contributed by atoms with Crippen LogP contribution in [0.15, 0.2) is 11.8 Å². The number of aromatic nitrogens is 2. The average molecular weight is 179 g/mol. The third-order valence-electron chi connectivity index (χ3n) is 2.13. The van der Waals surface area contributed by atoms with Crippen molar-refractivity contribution >= 4 is 6.08 Å². The molecule has 0 radical (unpaired) electrons. The minimum atomic E-state index is 0.630. The highest BCUT2D eigenvalue weighted by molar-refractivity contribution is 5.54. The van der Waals surface area contributed by atoms with E-state index >= 15 is 0 Å². The van der Waals surface area contributed by atoms with Crippen LogP contribution in [-0.4, -0.2) is 16.3 Å². The maximum Gasteiger partial charge on any atom is 0.0665 e. The van der Waals surface area contributed by atoms with Crippen LogP contribution >= 0.6 is 0 Å². The molecule has 0 spiro atoms. The van der Waals surface area contributed by atoms with Gasteiger partial charge in [0.05, 0.1) is 5.69 Å². The first-order chi connectivity index (χ1) is 6.17. The molecule has 0 aromatic carbocycles. The standard InChI is InChI=1S/C10H17N3/c1-4-9(6-11)5-10-7-13(3)12-8(10)2/h5,7H,4,6,11H2,1-3H3. The normalized spacial score (nSPS) is 12.2. The predicted molar refractivity (Wildman–Crippen MR) is 55.3 cm³/mol. The SMILES string of the molecule is CCC(=Cc1cn(C)nc1C)CN. The topological polar surface area (TPSA) is 43.8 Å². The van der Waals surface area contributed by atoms with Crippen molar-refractivity contribution in [1.29, 1.82) is 0 Å². The third kappa shape index (κ3) is 2.42. The number of nitrogens with zero attached hydrogens (tertiary/aromatic N) is 2. The van der Waals surface area contributed by atoms with Gasteiger partial charge in [0.25, 0.3) is 0 Å². The van der Waals surface area contributed by atoms with Crippen LogP contribution in [0.1, 0.15) is 24.6 Å². The highest BCUT2D eigenvalue weighted by Crippen LogP contribution is 2.11. The highest BCUT2D eigenvalue weighted by atomic mass is 15.2. The molecule has 3 heteroatoms. The lowest BCUT2D eigenvalue weighted by Gasteiger charge is -1.98. The molecule has 1 rings (SSSR count). The van der Waals surface area contributed by atoms with E-state index in [-0.39, 0.29) is 0 Å². The third-order valence-corrected chi connectivity index (χ3v) is 2.13. The van der Waals surface area contributed by atoms with E-state index in [1.54, 1.807) is 0 Å². The molecule has 2 N–H and O–H groups in total. The van der Waals surface area contributed by atoms with Crippen LogP contribution in [0.4, 0.5) is 0 Å². The number of aryl methyl sites for hydroxylation is 2. The van der Waals surface area contributed by atoms with Gasteiger partial charge in [-0.2, -0.15) is 5.10 Å². The predicted octanol–water partition coefficient (Wildman–Crippen LogP) is 1.48. The largest absolute Gasteiger partial charge is 0.327 e. The van der Waals surface area contributed by atoms with Gasteiger partial charge in [-0.15, -0.1) is 0 Å². The van der Waals surface area contributed by atoms with Gasteiger partial charge in [-0.05, 0) is 13.3 Å². The number of hydrogen-bond donors (Lipinski definition) is 1. The van der Waals surface area contributed by atoms with E-state index < -0.39 is 0 Å². The van der Waals surface area contributed by atoms with E-state index in [1.807, 2.05) is 24.9 Å². The van der Waals surface area contributed by atoms with E-state index in [1.165, 1.54) is 11.1 Å². The molecule has 3 nitrogen and oxygen atoms in total. The summed E-state index contributed by atoms with van der Waals surface area (Å²) in [5, 5.41) is 4.26. The maximum atomic E-state index is 5.59. The molecule has 1 aromatic rings. The molecule has 0 saturated heterocycles.